The van der Waals surface area contributed by atoms with Crippen molar-refractivity contribution in [1.29, 1.82) is 0 Å². The summed E-state index contributed by atoms with van der Waals surface area (Å²) in [5.41, 5.74) is -0.0569. The van der Waals surface area contributed by atoms with E-state index in [1.54, 1.807) is 6.20 Å². The van der Waals surface area contributed by atoms with Gasteiger partial charge in [-0.05, 0) is 42.6 Å². The molecule has 0 aromatic carbocycles. The van der Waals surface area contributed by atoms with Crippen molar-refractivity contribution in [2.45, 2.75) is 32.2 Å². The van der Waals surface area contributed by atoms with Crippen molar-refractivity contribution < 1.29 is 4.74 Å². The van der Waals surface area contributed by atoms with Crippen LogP contribution in [0.15, 0.2) is 10.7 Å². The molecular formula is C12H19BrN4O. The molecule has 1 aromatic heterocycles. The van der Waals surface area contributed by atoms with E-state index in [-0.39, 0.29) is 5.54 Å². The van der Waals surface area contributed by atoms with Crippen molar-refractivity contribution in [2.75, 3.05) is 30.4 Å². The molecular weight excluding hydrogens is 296 g/mol. The second kappa shape index (κ2) is 5.84. The highest BCUT2D eigenvalue weighted by molar-refractivity contribution is 9.10. The number of nitrogens with zero attached hydrogens (tertiary/aromatic N) is 2. The van der Waals surface area contributed by atoms with Gasteiger partial charge in [-0.15, -0.1) is 0 Å². The number of hydrogen-bond acceptors (Lipinski definition) is 5. The summed E-state index contributed by atoms with van der Waals surface area (Å²) in [5.74, 6) is 1.46. The first-order chi connectivity index (χ1) is 8.63. The average Bonchev–Trinajstić information content (AvgIpc) is 2.34. The predicted molar refractivity (Wildman–Crippen MR) is 76.0 cm³/mol. The summed E-state index contributed by atoms with van der Waals surface area (Å²) in [6.45, 7) is 6.55. The minimum Gasteiger partial charge on any atom is -0.379 e. The molecule has 6 heteroatoms. The molecule has 1 aromatic rings. The molecule has 0 bridgehead atoms. The summed E-state index contributed by atoms with van der Waals surface area (Å²) >= 11 is 3.48. The van der Waals surface area contributed by atoms with E-state index in [1.165, 1.54) is 0 Å². The van der Waals surface area contributed by atoms with Crippen LogP contribution in [0.3, 0.4) is 0 Å². The highest BCUT2D eigenvalue weighted by atomic mass is 79.9. The summed E-state index contributed by atoms with van der Waals surface area (Å²) in [6.07, 6.45) is 3.92. The number of ether oxygens (including phenoxy) is 1. The Kier molecular flexibility index (Phi) is 4.40. The average molecular weight is 315 g/mol. The van der Waals surface area contributed by atoms with E-state index < -0.39 is 0 Å². The van der Waals surface area contributed by atoms with E-state index >= 15 is 0 Å². The minimum atomic E-state index is -0.0569. The molecule has 0 radical (unpaired) electrons. The number of halogens is 1. The van der Waals surface area contributed by atoms with Crippen LogP contribution >= 0.6 is 15.9 Å². The third kappa shape index (κ3) is 3.32. The number of nitrogens with one attached hydrogen (secondary N) is 2. The Morgan fingerprint density at radius 1 is 1.56 bits per heavy atom. The topological polar surface area (TPSA) is 59.1 Å². The van der Waals surface area contributed by atoms with E-state index in [4.69, 9.17) is 4.74 Å². The summed E-state index contributed by atoms with van der Waals surface area (Å²) < 4.78 is 6.41. The third-order valence-electron chi connectivity index (χ3n) is 2.94. The monoisotopic (exact) mass is 314 g/mol. The maximum absolute atomic E-state index is 5.54. The van der Waals surface area contributed by atoms with Gasteiger partial charge < -0.3 is 15.4 Å². The van der Waals surface area contributed by atoms with Crippen LogP contribution in [0, 0.1) is 0 Å². The quantitative estimate of drug-likeness (QED) is 0.894. The SMILES string of the molecule is CCNc1ncc(Br)c(NC2(C)CCCOC2)n1. The lowest BCUT2D eigenvalue weighted by Gasteiger charge is -2.35. The lowest BCUT2D eigenvalue weighted by atomic mass is 9.95. The van der Waals surface area contributed by atoms with Gasteiger partial charge in [0.15, 0.2) is 0 Å². The summed E-state index contributed by atoms with van der Waals surface area (Å²) in [7, 11) is 0. The molecule has 0 amide bonds. The van der Waals surface area contributed by atoms with Crippen LogP contribution in [0.1, 0.15) is 26.7 Å². The standard InChI is InChI=1S/C12H19BrN4O/c1-3-14-11-15-7-9(13)10(16-11)17-12(2)5-4-6-18-8-12/h7H,3-6,8H2,1-2H3,(H2,14,15,16,17). The predicted octanol–water partition coefficient (Wildman–Crippen LogP) is 2.65. The van der Waals surface area contributed by atoms with Gasteiger partial charge in [0.2, 0.25) is 5.95 Å². The molecule has 1 atom stereocenters. The molecule has 100 valence electrons. The zero-order chi connectivity index (χ0) is 13.0. The fraction of sp³-hybridized carbons (Fsp3) is 0.667. The molecule has 18 heavy (non-hydrogen) atoms. The van der Waals surface area contributed by atoms with E-state index in [2.05, 4.69) is 43.5 Å². The first kappa shape index (κ1) is 13.5. The largest absolute Gasteiger partial charge is 0.379 e. The molecule has 0 spiro atoms. The van der Waals surface area contributed by atoms with Gasteiger partial charge in [0.25, 0.3) is 0 Å². The molecule has 2 rings (SSSR count). The van der Waals surface area contributed by atoms with Crippen molar-refractivity contribution in [3.8, 4) is 0 Å². The van der Waals surface area contributed by atoms with E-state index in [0.29, 0.717) is 12.6 Å². The van der Waals surface area contributed by atoms with Crippen molar-refractivity contribution in [2.24, 2.45) is 0 Å². The van der Waals surface area contributed by atoms with Gasteiger partial charge >= 0.3 is 0 Å². The van der Waals surface area contributed by atoms with Crippen molar-refractivity contribution in [1.82, 2.24) is 9.97 Å². The van der Waals surface area contributed by atoms with Gasteiger partial charge in [0.1, 0.15) is 5.82 Å². The first-order valence-corrected chi connectivity index (χ1v) is 7.04. The van der Waals surface area contributed by atoms with Gasteiger partial charge in [-0.3, -0.25) is 0 Å². The van der Waals surface area contributed by atoms with E-state index in [9.17, 15) is 0 Å². The van der Waals surface area contributed by atoms with Crippen LogP contribution in [-0.4, -0.2) is 35.3 Å². The van der Waals surface area contributed by atoms with E-state index in [1.807, 2.05) is 6.92 Å². The summed E-state index contributed by atoms with van der Waals surface area (Å²) in [4.78, 5) is 8.67. The second-order valence-electron chi connectivity index (χ2n) is 4.76. The zero-order valence-corrected chi connectivity index (χ0v) is 12.4. The molecule has 1 aliphatic rings. The Labute approximate surface area is 116 Å². The Bertz CT molecular complexity index is 407. The van der Waals surface area contributed by atoms with Gasteiger partial charge in [0.05, 0.1) is 16.6 Å². The Morgan fingerprint density at radius 2 is 2.39 bits per heavy atom. The molecule has 1 unspecified atom stereocenters. The highest BCUT2D eigenvalue weighted by Gasteiger charge is 2.28. The normalized spacial score (nSPS) is 23.7. The summed E-state index contributed by atoms with van der Waals surface area (Å²) in [5, 5.41) is 6.57. The minimum absolute atomic E-state index is 0.0569. The molecule has 1 saturated heterocycles. The van der Waals surface area contributed by atoms with Crippen LogP contribution in [0.25, 0.3) is 0 Å². The molecule has 1 aliphatic heterocycles. The number of anilines is 2. The third-order valence-corrected chi connectivity index (χ3v) is 3.52. The Morgan fingerprint density at radius 3 is 3.06 bits per heavy atom. The van der Waals surface area contributed by atoms with Crippen LogP contribution in [0.4, 0.5) is 11.8 Å². The molecule has 1 fully saturated rings. The molecule has 5 nitrogen and oxygen atoms in total. The Hall–Kier alpha value is -0.880. The maximum Gasteiger partial charge on any atom is 0.224 e. The van der Waals surface area contributed by atoms with Gasteiger partial charge in [0, 0.05) is 19.3 Å². The molecule has 0 saturated carbocycles. The zero-order valence-electron chi connectivity index (χ0n) is 10.8. The lowest BCUT2D eigenvalue weighted by Crippen LogP contribution is -2.43. The number of aromatic nitrogens is 2. The molecule has 0 aliphatic carbocycles. The van der Waals surface area contributed by atoms with Crippen molar-refractivity contribution >= 4 is 27.7 Å². The van der Waals surface area contributed by atoms with Crippen molar-refractivity contribution in [3.63, 3.8) is 0 Å². The van der Waals surface area contributed by atoms with Crippen LogP contribution in [0.2, 0.25) is 0 Å². The number of rotatable bonds is 4. The van der Waals surface area contributed by atoms with Gasteiger partial charge in [-0.1, -0.05) is 0 Å². The fourth-order valence-electron chi connectivity index (χ4n) is 2.02. The summed E-state index contributed by atoms with van der Waals surface area (Å²) in [6, 6.07) is 0. The lowest BCUT2D eigenvalue weighted by molar-refractivity contribution is 0.0538. The highest BCUT2D eigenvalue weighted by Crippen LogP contribution is 2.27. The van der Waals surface area contributed by atoms with Crippen LogP contribution in [0.5, 0.6) is 0 Å². The first-order valence-electron chi connectivity index (χ1n) is 6.25. The maximum atomic E-state index is 5.54. The van der Waals surface area contributed by atoms with Gasteiger partial charge in [-0.2, -0.15) is 4.98 Å². The smallest absolute Gasteiger partial charge is 0.224 e. The van der Waals surface area contributed by atoms with Crippen molar-refractivity contribution in [3.05, 3.63) is 10.7 Å². The van der Waals surface area contributed by atoms with Crippen LogP contribution < -0.4 is 10.6 Å². The number of hydrogen-bond donors (Lipinski definition) is 2. The fourth-order valence-corrected chi connectivity index (χ4v) is 2.31. The molecule has 2 N–H and O–H groups in total. The second-order valence-corrected chi connectivity index (χ2v) is 5.62. The molecule has 2 heterocycles. The van der Waals surface area contributed by atoms with E-state index in [0.717, 1.165) is 36.3 Å². The Balaban J connectivity index is 2.14. The van der Waals surface area contributed by atoms with Gasteiger partial charge in [-0.25, -0.2) is 4.98 Å². The van der Waals surface area contributed by atoms with Crippen LogP contribution in [-0.2, 0) is 4.74 Å².